The molecule has 1 rings (SSSR count). The molecule has 19 heavy (non-hydrogen) atoms. The highest BCUT2D eigenvalue weighted by Crippen LogP contribution is 2.21. The second-order valence-corrected chi connectivity index (χ2v) is 7.46. The standard InChI is InChI=1S/C12H18BrFN2O2S/c1-15(2)7-4-8-16(3)19(17,18)10-5-6-11(13)12(14)9-10/h5-6,9H,4,7-8H2,1-3H3. The third-order valence-corrected chi connectivity index (χ3v) is 5.17. The molecular formula is C12H18BrFN2O2S. The molecular weight excluding hydrogens is 335 g/mol. The molecule has 0 N–H and O–H groups in total. The third kappa shape index (κ3) is 4.52. The fourth-order valence-corrected chi connectivity index (χ4v) is 3.02. The maximum absolute atomic E-state index is 13.4. The molecule has 0 fully saturated rings. The van der Waals surface area contributed by atoms with Gasteiger partial charge in [0.1, 0.15) is 5.82 Å². The van der Waals surface area contributed by atoms with Crippen LogP contribution in [0.3, 0.4) is 0 Å². The SMILES string of the molecule is CN(C)CCCN(C)S(=O)(=O)c1ccc(Br)c(F)c1. The molecule has 0 radical (unpaired) electrons. The second-order valence-electron chi connectivity index (χ2n) is 4.56. The van der Waals surface area contributed by atoms with Crippen LogP contribution in [0.1, 0.15) is 6.42 Å². The Bertz CT molecular complexity index is 535. The predicted octanol–water partition coefficient (Wildman–Crippen LogP) is 2.16. The average molecular weight is 353 g/mol. The summed E-state index contributed by atoms with van der Waals surface area (Å²) in [6.07, 6.45) is 0.724. The summed E-state index contributed by atoms with van der Waals surface area (Å²) in [5.41, 5.74) is 0. The zero-order valence-corrected chi connectivity index (χ0v) is 13.6. The van der Waals surface area contributed by atoms with E-state index in [0.29, 0.717) is 6.54 Å². The first-order valence-corrected chi connectivity index (χ1v) is 8.04. The minimum atomic E-state index is -3.62. The minimum absolute atomic E-state index is 0.0273. The highest BCUT2D eigenvalue weighted by molar-refractivity contribution is 9.10. The quantitative estimate of drug-likeness (QED) is 0.787. The summed E-state index contributed by atoms with van der Waals surface area (Å²) in [6, 6.07) is 3.82. The maximum atomic E-state index is 13.4. The Kier molecular flexibility index (Phi) is 5.91. The van der Waals surface area contributed by atoms with Crippen molar-refractivity contribution in [3.63, 3.8) is 0 Å². The van der Waals surface area contributed by atoms with Crippen LogP contribution in [0.4, 0.5) is 4.39 Å². The topological polar surface area (TPSA) is 40.6 Å². The van der Waals surface area contributed by atoms with Gasteiger partial charge in [-0.3, -0.25) is 0 Å². The van der Waals surface area contributed by atoms with Gasteiger partial charge in [0.05, 0.1) is 9.37 Å². The van der Waals surface area contributed by atoms with Gasteiger partial charge in [-0.2, -0.15) is 0 Å². The Morgan fingerprint density at radius 2 is 1.84 bits per heavy atom. The van der Waals surface area contributed by atoms with Crippen LogP contribution in [0.2, 0.25) is 0 Å². The lowest BCUT2D eigenvalue weighted by Crippen LogP contribution is -2.30. The molecule has 0 aliphatic heterocycles. The summed E-state index contributed by atoms with van der Waals surface area (Å²) in [4.78, 5) is 1.96. The van der Waals surface area contributed by atoms with Crippen LogP contribution in [0.25, 0.3) is 0 Å². The summed E-state index contributed by atoms with van der Waals surface area (Å²) in [7, 11) is 1.74. The van der Waals surface area contributed by atoms with Crippen LogP contribution in [-0.4, -0.2) is 51.9 Å². The highest BCUT2D eigenvalue weighted by atomic mass is 79.9. The summed E-state index contributed by atoms with van der Waals surface area (Å²) in [5.74, 6) is -0.581. The lowest BCUT2D eigenvalue weighted by molar-refractivity contribution is 0.370. The van der Waals surface area contributed by atoms with E-state index in [1.807, 2.05) is 19.0 Å². The van der Waals surface area contributed by atoms with Gasteiger partial charge < -0.3 is 4.90 Å². The molecule has 4 nitrogen and oxygen atoms in total. The minimum Gasteiger partial charge on any atom is -0.309 e. The molecule has 1 aromatic rings. The van der Waals surface area contributed by atoms with Gasteiger partial charge in [0, 0.05) is 13.6 Å². The van der Waals surface area contributed by atoms with E-state index >= 15 is 0 Å². The number of sulfonamides is 1. The van der Waals surface area contributed by atoms with E-state index in [1.165, 1.54) is 23.5 Å². The van der Waals surface area contributed by atoms with Crippen molar-refractivity contribution in [2.45, 2.75) is 11.3 Å². The van der Waals surface area contributed by atoms with Gasteiger partial charge in [0.15, 0.2) is 0 Å². The van der Waals surface area contributed by atoms with Crippen molar-refractivity contribution in [3.8, 4) is 0 Å². The number of halogens is 2. The fourth-order valence-electron chi connectivity index (χ4n) is 1.55. The molecule has 1 aromatic carbocycles. The van der Waals surface area contributed by atoms with Crippen LogP contribution in [0.5, 0.6) is 0 Å². The Morgan fingerprint density at radius 3 is 2.37 bits per heavy atom. The molecule has 0 heterocycles. The molecule has 0 atom stereocenters. The lowest BCUT2D eigenvalue weighted by atomic mass is 10.3. The Labute approximate surface area is 122 Å². The normalized spacial score (nSPS) is 12.4. The monoisotopic (exact) mass is 352 g/mol. The molecule has 0 bridgehead atoms. The van der Waals surface area contributed by atoms with E-state index in [4.69, 9.17) is 0 Å². The molecule has 0 amide bonds. The molecule has 0 spiro atoms. The highest BCUT2D eigenvalue weighted by Gasteiger charge is 2.21. The summed E-state index contributed by atoms with van der Waals surface area (Å²) in [5, 5.41) is 0. The van der Waals surface area contributed by atoms with Crippen molar-refractivity contribution in [1.29, 1.82) is 0 Å². The van der Waals surface area contributed by atoms with Crippen LogP contribution in [-0.2, 0) is 10.0 Å². The molecule has 0 saturated carbocycles. The number of rotatable bonds is 6. The van der Waals surface area contributed by atoms with E-state index in [-0.39, 0.29) is 9.37 Å². The average Bonchev–Trinajstić information content (AvgIpc) is 2.31. The first-order chi connectivity index (χ1) is 8.75. The van der Waals surface area contributed by atoms with Gasteiger partial charge in [0.2, 0.25) is 10.0 Å². The largest absolute Gasteiger partial charge is 0.309 e. The van der Waals surface area contributed by atoms with Gasteiger partial charge in [-0.25, -0.2) is 17.1 Å². The van der Waals surface area contributed by atoms with E-state index in [2.05, 4.69) is 15.9 Å². The first kappa shape index (κ1) is 16.6. The predicted molar refractivity (Wildman–Crippen MR) is 77.1 cm³/mol. The Hall–Kier alpha value is -0.500. The molecule has 108 valence electrons. The van der Waals surface area contributed by atoms with Crippen molar-refractivity contribution in [2.75, 3.05) is 34.2 Å². The summed E-state index contributed by atoms with van der Waals surface area (Å²) >= 11 is 3.00. The van der Waals surface area contributed by atoms with Gasteiger partial charge in [-0.05, 0) is 61.2 Å². The molecule has 0 aromatic heterocycles. The lowest BCUT2D eigenvalue weighted by Gasteiger charge is -2.18. The number of hydrogen-bond donors (Lipinski definition) is 0. The van der Waals surface area contributed by atoms with Gasteiger partial charge in [-0.1, -0.05) is 0 Å². The Morgan fingerprint density at radius 1 is 1.21 bits per heavy atom. The number of nitrogens with zero attached hydrogens (tertiary/aromatic N) is 2. The van der Waals surface area contributed by atoms with Gasteiger partial charge in [-0.15, -0.1) is 0 Å². The fraction of sp³-hybridized carbons (Fsp3) is 0.500. The van der Waals surface area contributed by atoms with E-state index in [1.54, 1.807) is 0 Å². The summed E-state index contributed by atoms with van der Waals surface area (Å²) < 4.78 is 39.3. The van der Waals surface area contributed by atoms with Crippen LogP contribution in [0, 0.1) is 5.82 Å². The molecule has 0 aliphatic carbocycles. The molecule has 0 saturated heterocycles. The third-order valence-electron chi connectivity index (χ3n) is 2.68. The molecule has 0 aliphatic rings. The molecule has 0 unspecified atom stereocenters. The van der Waals surface area contributed by atoms with Crippen molar-refractivity contribution >= 4 is 26.0 Å². The van der Waals surface area contributed by atoms with E-state index in [9.17, 15) is 12.8 Å². The molecule has 7 heteroatoms. The smallest absolute Gasteiger partial charge is 0.242 e. The van der Waals surface area contributed by atoms with E-state index in [0.717, 1.165) is 19.0 Å². The number of benzene rings is 1. The number of hydrogen-bond acceptors (Lipinski definition) is 3. The zero-order valence-electron chi connectivity index (χ0n) is 11.2. The first-order valence-electron chi connectivity index (χ1n) is 5.81. The van der Waals surface area contributed by atoms with Gasteiger partial charge in [0.25, 0.3) is 0 Å². The van der Waals surface area contributed by atoms with Gasteiger partial charge >= 0.3 is 0 Å². The van der Waals surface area contributed by atoms with Crippen molar-refractivity contribution < 1.29 is 12.8 Å². The van der Waals surface area contributed by atoms with Crippen LogP contribution < -0.4 is 0 Å². The maximum Gasteiger partial charge on any atom is 0.242 e. The van der Waals surface area contributed by atoms with Crippen LogP contribution in [0.15, 0.2) is 27.6 Å². The van der Waals surface area contributed by atoms with Crippen molar-refractivity contribution in [3.05, 3.63) is 28.5 Å². The van der Waals surface area contributed by atoms with E-state index < -0.39 is 15.8 Å². The van der Waals surface area contributed by atoms with Crippen LogP contribution >= 0.6 is 15.9 Å². The summed E-state index contributed by atoms with van der Waals surface area (Å²) in [6.45, 7) is 1.20. The zero-order chi connectivity index (χ0) is 14.6. The Balaban J connectivity index is 2.81. The van der Waals surface area contributed by atoms with Crippen molar-refractivity contribution in [2.24, 2.45) is 0 Å². The second kappa shape index (κ2) is 6.78. The van der Waals surface area contributed by atoms with Crippen molar-refractivity contribution in [1.82, 2.24) is 9.21 Å².